The maximum Gasteiger partial charge on any atom is 0.248 e. The Morgan fingerprint density at radius 1 is 1.48 bits per heavy atom. The number of nitrogens with one attached hydrogen (secondary N) is 2. The molecule has 116 valence electrons. The first-order valence-electron chi connectivity index (χ1n) is 7.23. The lowest BCUT2D eigenvalue weighted by molar-refractivity contribution is -0.125. The van der Waals surface area contributed by atoms with E-state index in [-0.39, 0.29) is 11.8 Å². The second-order valence-corrected chi connectivity index (χ2v) is 6.18. The minimum Gasteiger partial charge on any atom is -0.345 e. The van der Waals surface area contributed by atoms with E-state index in [1.54, 1.807) is 18.0 Å². The fraction of sp³-hybridized carbons (Fsp3) is 0.643. The summed E-state index contributed by atoms with van der Waals surface area (Å²) in [6.45, 7) is 2.32. The monoisotopic (exact) mass is 310 g/mol. The van der Waals surface area contributed by atoms with Gasteiger partial charge in [-0.15, -0.1) is 0 Å². The predicted molar refractivity (Wildman–Crippen MR) is 84.4 cm³/mol. The summed E-state index contributed by atoms with van der Waals surface area (Å²) in [5, 5.41) is 5.61. The topological polar surface area (TPSA) is 76.0 Å². The van der Waals surface area contributed by atoms with Gasteiger partial charge < -0.3 is 15.2 Å². The van der Waals surface area contributed by atoms with Gasteiger partial charge in [-0.25, -0.2) is 4.98 Å². The van der Waals surface area contributed by atoms with Crippen molar-refractivity contribution in [3.8, 4) is 0 Å². The molecule has 1 aliphatic rings. The number of fused-ring (bicyclic) bond motifs is 1. The molecular formula is C14H22N4O2S. The van der Waals surface area contributed by atoms with Crippen molar-refractivity contribution in [1.82, 2.24) is 14.9 Å². The third kappa shape index (κ3) is 4.23. The van der Waals surface area contributed by atoms with Gasteiger partial charge in [0.1, 0.15) is 17.7 Å². The van der Waals surface area contributed by atoms with Crippen molar-refractivity contribution in [3.05, 3.63) is 12.0 Å². The van der Waals surface area contributed by atoms with E-state index in [1.807, 2.05) is 6.26 Å². The molecule has 0 saturated heterocycles. The number of hydrogen-bond donors (Lipinski definition) is 2. The third-order valence-corrected chi connectivity index (χ3v) is 4.17. The van der Waals surface area contributed by atoms with E-state index < -0.39 is 6.04 Å². The molecule has 1 aromatic heterocycles. The highest BCUT2D eigenvalue weighted by atomic mass is 32.2. The zero-order chi connectivity index (χ0) is 15.2. The normalized spacial score (nSPS) is 15.1. The van der Waals surface area contributed by atoms with Crippen molar-refractivity contribution >= 4 is 29.4 Å². The largest absolute Gasteiger partial charge is 0.345 e. The van der Waals surface area contributed by atoms with E-state index in [0.29, 0.717) is 6.42 Å². The van der Waals surface area contributed by atoms with Gasteiger partial charge >= 0.3 is 0 Å². The maximum atomic E-state index is 12.4. The first kappa shape index (κ1) is 15.9. The number of nitrogens with zero attached hydrogens (tertiary/aromatic N) is 2. The molecule has 2 rings (SSSR count). The van der Waals surface area contributed by atoms with E-state index in [1.165, 1.54) is 6.92 Å². The van der Waals surface area contributed by atoms with Crippen LogP contribution in [0.5, 0.6) is 0 Å². The Hall–Kier alpha value is -1.50. The molecule has 0 aromatic carbocycles. The molecule has 2 amide bonds. The Balaban J connectivity index is 2.03. The van der Waals surface area contributed by atoms with Gasteiger partial charge in [-0.2, -0.15) is 11.8 Å². The first-order chi connectivity index (χ1) is 10.1. The molecule has 0 spiro atoms. The summed E-state index contributed by atoms with van der Waals surface area (Å²) >= 11 is 1.66. The summed E-state index contributed by atoms with van der Waals surface area (Å²) in [7, 11) is 0. The van der Waals surface area contributed by atoms with Crippen LogP contribution in [0.2, 0.25) is 0 Å². The minimum atomic E-state index is -0.496. The van der Waals surface area contributed by atoms with Gasteiger partial charge in [-0.3, -0.25) is 9.59 Å². The molecule has 7 heteroatoms. The number of aryl methyl sites for hydroxylation is 1. The van der Waals surface area contributed by atoms with E-state index >= 15 is 0 Å². The minimum absolute atomic E-state index is 0.174. The Labute approximate surface area is 129 Å². The molecule has 21 heavy (non-hydrogen) atoms. The highest BCUT2D eigenvalue weighted by Gasteiger charge is 2.22. The van der Waals surface area contributed by atoms with Crippen molar-refractivity contribution in [2.45, 2.75) is 45.2 Å². The number of carbonyl (C=O) groups excluding carboxylic acids is 2. The molecule has 0 radical (unpaired) electrons. The fourth-order valence-corrected chi connectivity index (χ4v) is 2.95. The van der Waals surface area contributed by atoms with Crippen LogP contribution in [0.1, 0.15) is 32.0 Å². The van der Waals surface area contributed by atoms with Gasteiger partial charge in [0, 0.05) is 19.9 Å². The summed E-state index contributed by atoms with van der Waals surface area (Å²) in [6, 6.07) is -0.496. The summed E-state index contributed by atoms with van der Waals surface area (Å²) < 4.78 is 2.06. The second kappa shape index (κ2) is 7.49. The summed E-state index contributed by atoms with van der Waals surface area (Å²) in [6.07, 6.45) is 7.51. The number of amides is 2. The van der Waals surface area contributed by atoms with Crippen molar-refractivity contribution < 1.29 is 9.59 Å². The van der Waals surface area contributed by atoms with Gasteiger partial charge in [-0.05, 0) is 31.3 Å². The molecule has 6 nitrogen and oxygen atoms in total. The molecular weight excluding hydrogens is 288 g/mol. The molecule has 1 aliphatic heterocycles. The highest BCUT2D eigenvalue weighted by Crippen LogP contribution is 2.19. The Bertz CT molecular complexity index is 515. The van der Waals surface area contributed by atoms with E-state index in [0.717, 1.165) is 43.2 Å². The van der Waals surface area contributed by atoms with E-state index in [2.05, 4.69) is 20.2 Å². The average molecular weight is 310 g/mol. The quantitative estimate of drug-likeness (QED) is 0.833. The zero-order valence-corrected chi connectivity index (χ0v) is 13.3. The Morgan fingerprint density at radius 3 is 3.00 bits per heavy atom. The van der Waals surface area contributed by atoms with Gasteiger partial charge in [0.2, 0.25) is 11.8 Å². The number of hydrogen-bond acceptors (Lipinski definition) is 4. The Morgan fingerprint density at radius 2 is 2.29 bits per heavy atom. The van der Waals surface area contributed by atoms with Crippen LogP contribution in [-0.4, -0.2) is 39.4 Å². The van der Waals surface area contributed by atoms with Crippen LogP contribution >= 0.6 is 11.8 Å². The van der Waals surface area contributed by atoms with Gasteiger partial charge in [0.05, 0.1) is 6.20 Å². The third-order valence-electron chi connectivity index (χ3n) is 3.53. The zero-order valence-electron chi connectivity index (χ0n) is 12.5. The second-order valence-electron chi connectivity index (χ2n) is 5.19. The molecule has 2 heterocycles. The van der Waals surface area contributed by atoms with Crippen molar-refractivity contribution in [2.24, 2.45) is 0 Å². The van der Waals surface area contributed by atoms with Crippen molar-refractivity contribution in [3.63, 3.8) is 0 Å². The van der Waals surface area contributed by atoms with Crippen LogP contribution < -0.4 is 10.6 Å². The van der Waals surface area contributed by atoms with E-state index in [4.69, 9.17) is 0 Å². The number of thioether (sulfide) groups is 1. The first-order valence-corrected chi connectivity index (χ1v) is 8.62. The number of aromatic nitrogens is 2. The number of imidazole rings is 1. The lowest BCUT2D eigenvalue weighted by Gasteiger charge is -2.20. The molecule has 0 aliphatic carbocycles. The van der Waals surface area contributed by atoms with Crippen LogP contribution in [0.3, 0.4) is 0 Å². The molecule has 0 saturated carbocycles. The highest BCUT2D eigenvalue weighted by molar-refractivity contribution is 7.98. The van der Waals surface area contributed by atoms with Gasteiger partial charge in [-0.1, -0.05) is 0 Å². The van der Waals surface area contributed by atoms with Crippen LogP contribution in [0.4, 0.5) is 5.82 Å². The lowest BCUT2D eigenvalue weighted by Crippen LogP contribution is -2.43. The predicted octanol–water partition coefficient (Wildman–Crippen LogP) is 1.42. The Kier molecular flexibility index (Phi) is 5.67. The summed E-state index contributed by atoms with van der Waals surface area (Å²) in [4.78, 5) is 28.0. The van der Waals surface area contributed by atoms with Gasteiger partial charge in [0.15, 0.2) is 0 Å². The SMILES string of the molecule is CSCC[C@H](NC(C)=O)C(=O)Nc1cnc2n1CCCC2. The molecule has 1 atom stereocenters. The van der Waals surface area contributed by atoms with Crippen LogP contribution in [0.25, 0.3) is 0 Å². The number of carbonyl (C=O) groups is 2. The van der Waals surface area contributed by atoms with Crippen molar-refractivity contribution in [1.29, 1.82) is 0 Å². The fourth-order valence-electron chi connectivity index (χ4n) is 2.48. The van der Waals surface area contributed by atoms with Crippen molar-refractivity contribution in [2.75, 3.05) is 17.3 Å². The summed E-state index contributed by atoms with van der Waals surface area (Å²) in [5.41, 5.74) is 0. The lowest BCUT2D eigenvalue weighted by atomic mass is 10.2. The van der Waals surface area contributed by atoms with Crippen LogP contribution in [0, 0.1) is 0 Å². The van der Waals surface area contributed by atoms with Crippen LogP contribution in [-0.2, 0) is 22.6 Å². The average Bonchev–Trinajstić information content (AvgIpc) is 2.86. The number of anilines is 1. The molecule has 0 unspecified atom stereocenters. The summed E-state index contributed by atoms with van der Waals surface area (Å²) in [5.74, 6) is 2.22. The van der Waals surface area contributed by atoms with Crippen LogP contribution in [0.15, 0.2) is 6.20 Å². The standard InChI is InChI=1S/C14H22N4O2S/c1-10(19)16-11(6-8-21-2)14(20)17-13-9-15-12-5-3-4-7-18(12)13/h9,11H,3-8H2,1-2H3,(H,16,19)(H,17,20)/t11-/m0/s1. The molecule has 2 N–H and O–H groups in total. The van der Waals surface area contributed by atoms with E-state index in [9.17, 15) is 9.59 Å². The maximum absolute atomic E-state index is 12.4. The smallest absolute Gasteiger partial charge is 0.248 e. The molecule has 0 bridgehead atoms. The molecule has 1 aromatic rings. The van der Waals surface area contributed by atoms with Gasteiger partial charge in [0.25, 0.3) is 0 Å². The number of rotatable bonds is 6. The molecule has 0 fully saturated rings.